The van der Waals surface area contributed by atoms with Crippen LogP contribution in [0.1, 0.15) is 65.2 Å². The number of ketones is 1. The molecule has 4 aliphatic carbocycles. The van der Waals surface area contributed by atoms with Crippen molar-refractivity contribution >= 4 is 5.78 Å². The monoisotopic (exact) mass is 332 g/mol. The smallest absolute Gasteiger partial charge is 0.155 e. The molecule has 1 unspecified atom stereocenters. The minimum absolute atomic E-state index is 0.103. The van der Waals surface area contributed by atoms with Gasteiger partial charge >= 0.3 is 0 Å². The lowest BCUT2D eigenvalue weighted by Crippen LogP contribution is -2.51. The normalized spacial score (nSPS) is 49.0. The number of fused-ring (bicyclic) bond motifs is 5. The number of carbonyl (C=O) groups is 1. The molecule has 0 saturated heterocycles. The van der Waals surface area contributed by atoms with Crippen LogP contribution < -0.4 is 0 Å². The molecule has 0 bridgehead atoms. The van der Waals surface area contributed by atoms with Gasteiger partial charge in [0.05, 0.1) is 12.7 Å². The molecule has 134 valence electrons. The Kier molecular flexibility index (Phi) is 3.96. The largest absolute Gasteiger partial charge is 0.394 e. The fraction of sp³-hybridized carbons (Fsp3) is 0.857. The maximum Gasteiger partial charge on any atom is 0.155 e. The predicted molar refractivity (Wildman–Crippen MR) is 93.3 cm³/mol. The lowest BCUT2D eigenvalue weighted by Gasteiger charge is -2.58. The van der Waals surface area contributed by atoms with E-state index in [0.29, 0.717) is 17.6 Å². The number of allylic oxidation sites excluding steroid dienone is 1. The summed E-state index contributed by atoms with van der Waals surface area (Å²) in [7, 11) is 0. The first-order chi connectivity index (χ1) is 11.4. The molecule has 0 radical (unpaired) electrons. The number of hydrogen-bond donors (Lipinski definition) is 2. The number of aliphatic hydroxyl groups excluding tert-OH is 2. The summed E-state index contributed by atoms with van der Waals surface area (Å²) in [6, 6.07) is 0. The number of rotatable bonds is 2. The van der Waals surface area contributed by atoms with E-state index in [-0.39, 0.29) is 23.4 Å². The maximum atomic E-state index is 11.9. The average molecular weight is 332 g/mol. The first kappa shape index (κ1) is 16.8. The van der Waals surface area contributed by atoms with E-state index in [1.165, 1.54) is 24.8 Å². The van der Waals surface area contributed by atoms with Crippen molar-refractivity contribution in [1.29, 1.82) is 0 Å². The van der Waals surface area contributed by atoms with Gasteiger partial charge in [0.2, 0.25) is 0 Å². The van der Waals surface area contributed by atoms with Crippen molar-refractivity contribution in [1.82, 2.24) is 0 Å². The molecule has 7 atom stereocenters. The van der Waals surface area contributed by atoms with Crippen LogP contribution in [0.4, 0.5) is 0 Å². The predicted octanol–water partition coefficient (Wildman–Crippen LogP) is 3.49. The Balaban J connectivity index is 1.63. The maximum absolute atomic E-state index is 11.9. The van der Waals surface area contributed by atoms with E-state index in [1.807, 2.05) is 6.08 Å². The van der Waals surface area contributed by atoms with Gasteiger partial charge in [0.1, 0.15) is 0 Å². The fourth-order valence-electron chi connectivity index (χ4n) is 7.36. The van der Waals surface area contributed by atoms with Crippen molar-refractivity contribution in [2.24, 2.45) is 34.5 Å². The molecule has 0 heterocycles. The van der Waals surface area contributed by atoms with Crippen molar-refractivity contribution in [2.75, 3.05) is 6.61 Å². The zero-order chi connectivity index (χ0) is 17.1. The molecule has 0 aromatic rings. The van der Waals surface area contributed by atoms with Gasteiger partial charge < -0.3 is 10.2 Å². The van der Waals surface area contributed by atoms with Crippen LogP contribution in [0.3, 0.4) is 0 Å². The highest BCUT2D eigenvalue weighted by Gasteiger charge is 2.59. The van der Waals surface area contributed by atoms with E-state index in [9.17, 15) is 15.0 Å². The van der Waals surface area contributed by atoms with Crippen LogP contribution in [0.15, 0.2) is 11.6 Å². The van der Waals surface area contributed by atoms with E-state index < -0.39 is 6.10 Å². The Morgan fingerprint density at radius 2 is 1.92 bits per heavy atom. The molecule has 0 amide bonds. The molecule has 4 rings (SSSR count). The van der Waals surface area contributed by atoms with E-state index in [2.05, 4.69) is 13.8 Å². The lowest BCUT2D eigenvalue weighted by molar-refractivity contribution is -0.118. The molecule has 3 nitrogen and oxygen atoms in total. The minimum Gasteiger partial charge on any atom is -0.394 e. The highest BCUT2D eigenvalue weighted by atomic mass is 16.3. The van der Waals surface area contributed by atoms with Gasteiger partial charge in [-0.3, -0.25) is 4.79 Å². The van der Waals surface area contributed by atoms with Gasteiger partial charge in [-0.05, 0) is 85.5 Å². The molecular formula is C21H32O3. The summed E-state index contributed by atoms with van der Waals surface area (Å²) in [5, 5.41) is 19.8. The quantitative estimate of drug-likeness (QED) is 0.814. The van der Waals surface area contributed by atoms with Gasteiger partial charge in [0.25, 0.3) is 0 Å². The Morgan fingerprint density at radius 1 is 1.12 bits per heavy atom. The number of aliphatic hydroxyl groups is 2. The Morgan fingerprint density at radius 3 is 2.67 bits per heavy atom. The van der Waals surface area contributed by atoms with Crippen molar-refractivity contribution in [3.05, 3.63) is 11.6 Å². The van der Waals surface area contributed by atoms with E-state index in [4.69, 9.17) is 0 Å². The SMILES string of the molecule is C[C@]12CC[C@H]3[C@@H](CCC4=CC(=O)CC[C@@]43C)[C@@H]1CC[C@@H]2C(O)CO. The van der Waals surface area contributed by atoms with Crippen LogP contribution in [0.2, 0.25) is 0 Å². The molecule has 0 aromatic heterocycles. The average Bonchev–Trinajstić information content (AvgIpc) is 2.92. The third-order valence-corrected chi connectivity index (χ3v) is 8.69. The van der Waals surface area contributed by atoms with Crippen molar-refractivity contribution in [3.8, 4) is 0 Å². The van der Waals surface area contributed by atoms with Crippen LogP contribution in [-0.4, -0.2) is 28.7 Å². The molecule has 2 N–H and O–H groups in total. The van der Waals surface area contributed by atoms with Crippen molar-refractivity contribution in [3.63, 3.8) is 0 Å². The summed E-state index contributed by atoms with van der Waals surface area (Å²) in [4.78, 5) is 11.9. The van der Waals surface area contributed by atoms with Gasteiger partial charge in [0, 0.05) is 6.42 Å². The molecule has 0 aromatic carbocycles. The zero-order valence-electron chi connectivity index (χ0n) is 15.1. The van der Waals surface area contributed by atoms with E-state index in [1.54, 1.807) is 0 Å². The second-order valence-electron chi connectivity index (χ2n) is 9.45. The molecule has 3 heteroatoms. The number of carbonyl (C=O) groups excluding carboxylic acids is 1. The van der Waals surface area contributed by atoms with Crippen LogP contribution in [0.5, 0.6) is 0 Å². The molecule has 4 aliphatic rings. The summed E-state index contributed by atoms with van der Waals surface area (Å²) < 4.78 is 0. The van der Waals surface area contributed by atoms with Gasteiger partial charge in [-0.15, -0.1) is 0 Å². The van der Waals surface area contributed by atoms with Crippen LogP contribution >= 0.6 is 0 Å². The third kappa shape index (κ3) is 2.20. The van der Waals surface area contributed by atoms with Gasteiger partial charge in [-0.2, -0.15) is 0 Å². The first-order valence-corrected chi connectivity index (χ1v) is 9.93. The second kappa shape index (κ2) is 5.67. The van der Waals surface area contributed by atoms with Crippen molar-refractivity contribution < 1.29 is 15.0 Å². The molecule has 0 aliphatic heterocycles. The molecule has 24 heavy (non-hydrogen) atoms. The highest BCUT2D eigenvalue weighted by Crippen LogP contribution is 2.66. The summed E-state index contributed by atoms with van der Waals surface area (Å²) in [5.74, 6) is 2.70. The Labute approximate surface area is 145 Å². The van der Waals surface area contributed by atoms with E-state index >= 15 is 0 Å². The standard InChI is InChI=1S/C21H32O3/c1-20-9-7-14(23)11-13(20)3-4-15-16-5-6-18(19(24)12-22)21(16,2)10-8-17(15)20/h11,15-19,22,24H,3-10,12H2,1-2H3/t15-,16-,17-,18+,19?,20-,21-/m0/s1. The Bertz CT molecular complexity index is 567. The summed E-state index contributed by atoms with van der Waals surface area (Å²) in [6.45, 7) is 4.69. The lowest BCUT2D eigenvalue weighted by atomic mass is 9.46. The summed E-state index contributed by atoms with van der Waals surface area (Å²) >= 11 is 0. The van der Waals surface area contributed by atoms with Crippen LogP contribution in [-0.2, 0) is 4.79 Å². The number of hydrogen-bond acceptors (Lipinski definition) is 3. The minimum atomic E-state index is -0.557. The van der Waals surface area contributed by atoms with Crippen LogP contribution in [0.25, 0.3) is 0 Å². The summed E-state index contributed by atoms with van der Waals surface area (Å²) in [5.41, 5.74) is 1.84. The highest BCUT2D eigenvalue weighted by molar-refractivity contribution is 5.91. The second-order valence-corrected chi connectivity index (χ2v) is 9.45. The molecular weight excluding hydrogens is 300 g/mol. The third-order valence-electron chi connectivity index (χ3n) is 8.69. The van der Waals surface area contributed by atoms with Gasteiger partial charge in [-0.25, -0.2) is 0 Å². The summed E-state index contributed by atoms with van der Waals surface area (Å²) in [6.07, 6.45) is 10.1. The Hall–Kier alpha value is -0.670. The zero-order valence-corrected chi connectivity index (χ0v) is 15.1. The first-order valence-electron chi connectivity index (χ1n) is 9.93. The molecule has 0 spiro atoms. The molecule has 3 fully saturated rings. The van der Waals surface area contributed by atoms with Gasteiger partial charge in [-0.1, -0.05) is 19.4 Å². The fourth-order valence-corrected chi connectivity index (χ4v) is 7.36. The van der Waals surface area contributed by atoms with Gasteiger partial charge in [0.15, 0.2) is 5.78 Å². The van der Waals surface area contributed by atoms with E-state index in [0.717, 1.165) is 38.0 Å². The topological polar surface area (TPSA) is 57.5 Å². The molecule has 3 saturated carbocycles. The van der Waals surface area contributed by atoms with Crippen LogP contribution in [0, 0.1) is 34.5 Å². The van der Waals surface area contributed by atoms with Crippen molar-refractivity contribution in [2.45, 2.75) is 71.3 Å².